The minimum atomic E-state index is -0.605. The average Bonchev–Trinajstić information content (AvgIpc) is 3.26. The van der Waals surface area contributed by atoms with Crippen molar-refractivity contribution in [1.29, 1.82) is 0 Å². The lowest BCUT2D eigenvalue weighted by Gasteiger charge is -2.35. The minimum absolute atomic E-state index is 0.106. The van der Waals surface area contributed by atoms with Gasteiger partial charge in [0.25, 0.3) is 0 Å². The van der Waals surface area contributed by atoms with Crippen LogP contribution in [-0.4, -0.2) is 45.2 Å². The Balaban J connectivity index is 1.53. The average molecular weight is 436 g/mol. The summed E-state index contributed by atoms with van der Waals surface area (Å²) in [4.78, 5) is 31.6. The van der Waals surface area contributed by atoms with E-state index < -0.39 is 6.04 Å². The molecule has 0 saturated carbocycles. The van der Waals surface area contributed by atoms with Gasteiger partial charge in [-0.1, -0.05) is 48.2 Å². The van der Waals surface area contributed by atoms with Crippen LogP contribution in [0.5, 0.6) is 0 Å². The van der Waals surface area contributed by atoms with Crippen molar-refractivity contribution in [2.45, 2.75) is 38.0 Å². The van der Waals surface area contributed by atoms with Gasteiger partial charge in [0.15, 0.2) is 5.16 Å². The minimum Gasteiger partial charge on any atom is -0.467 e. The first-order chi connectivity index (χ1) is 15.0. The first-order valence-electron chi connectivity index (χ1n) is 10.2. The third-order valence-electron chi connectivity index (χ3n) is 5.81. The largest absolute Gasteiger partial charge is 0.467 e. The van der Waals surface area contributed by atoms with Crippen molar-refractivity contribution in [3.8, 4) is 5.69 Å². The smallest absolute Gasteiger partial charge is 0.328 e. The molecule has 1 atom stereocenters. The Labute approximate surface area is 186 Å². The molecular weight excluding hydrogens is 410 g/mol. The third kappa shape index (κ3) is 4.23. The molecule has 2 heterocycles. The lowest BCUT2D eigenvalue weighted by molar-refractivity contribution is -0.153. The number of methoxy groups -OCH3 is 1. The molecule has 31 heavy (non-hydrogen) atoms. The number of hydrogen-bond acceptors (Lipinski definition) is 5. The van der Waals surface area contributed by atoms with Gasteiger partial charge in [0.05, 0.1) is 18.6 Å². The van der Waals surface area contributed by atoms with E-state index in [0.29, 0.717) is 13.0 Å². The van der Waals surface area contributed by atoms with E-state index in [4.69, 9.17) is 4.74 Å². The van der Waals surface area contributed by atoms with E-state index in [1.165, 1.54) is 30.0 Å². The zero-order chi connectivity index (χ0) is 22.0. The van der Waals surface area contributed by atoms with Crippen LogP contribution in [0.4, 0.5) is 0 Å². The molecular formula is C24H25N3O3S. The van der Waals surface area contributed by atoms with Gasteiger partial charge in [0.1, 0.15) is 6.04 Å². The molecule has 0 N–H and O–H groups in total. The first kappa shape index (κ1) is 21.2. The highest BCUT2D eigenvalue weighted by Crippen LogP contribution is 2.27. The number of benzene rings is 2. The summed E-state index contributed by atoms with van der Waals surface area (Å²) in [7, 11) is 1.36. The number of ether oxygens (including phenoxy) is 1. The second-order valence-electron chi connectivity index (χ2n) is 7.62. The summed E-state index contributed by atoms with van der Waals surface area (Å²) in [6.07, 6.45) is 4.11. The Morgan fingerprint density at radius 2 is 1.90 bits per heavy atom. The van der Waals surface area contributed by atoms with E-state index in [1.807, 2.05) is 47.2 Å². The van der Waals surface area contributed by atoms with E-state index in [-0.39, 0.29) is 17.6 Å². The highest BCUT2D eigenvalue weighted by Gasteiger charge is 2.35. The maximum absolute atomic E-state index is 13.2. The summed E-state index contributed by atoms with van der Waals surface area (Å²) in [5.41, 5.74) is 5.57. The van der Waals surface area contributed by atoms with Crippen LogP contribution in [0.3, 0.4) is 0 Å². The number of nitrogens with zero attached hydrogens (tertiary/aromatic N) is 3. The molecule has 1 aromatic heterocycles. The van der Waals surface area contributed by atoms with Crippen molar-refractivity contribution >= 4 is 23.6 Å². The number of aryl methyl sites for hydroxylation is 1. The van der Waals surface area contributed by atoms with Gasteiger partial charge < -0.3 is 9.64 Å². The summed E-state index contributed by atoms with van der Waals surface area (Å²) in [6, 6.07) is 13.4. The van der Waals surface area contributed by atoms with Crippen molar-refractivity contribution in [3.05, 3.63) is 77.1 Å². The van der Waals surface area contributed by atoms with Crippen LogP contribution < -0.4 is 0 Å². The fraction of sp³-hybridized carbons (Fsp3) is 0.292. The van der Waals surface area contributed by atoms with Crippen LogP contribution >= 0.6 is 11.8 Å². The molecule has 1 aliphatic heterocycles. The van der Waals surface area contributed by atoms with Gasteiger partial charge in [-0.2, -0.15) is 0 Å². The summed E-state index contributed by atoms with van der Waals surface area (Å²) in [5, 5.41) is 0.745. The number of fused-ring (bicyclic) bond motifs is 1. The summed E-state index contributed by atoms with van der Waals surface area (Å²) in [6.45, 7) is 4.56. The van der Waals surface area contributed by atoms with Crippen LogP contribution in [0.2, 0.25) is 0 Å². The van der Waals surface area contributed by atoms with Gasteiger partial charge in [-0.15, -0.1) is 0 Å². The van der Waals surface area contributed by atoms with Gasteiger partial charge in [0.2, 0.25) is 5.91 Å². The van der Waals surface area contributed by atoms with Crippen molar-refractivity contribution in [1.82, 2.24) is 14.5 Å². The number of thioether (sulfide) groups is 1. The molecule has 1 aliphatic rings. The number of carbonyl (C=O) groups is 2. The second-order valence-corrected chi connectivity index (χ2v) is 8.56. The maximum atomic E-state index is 13.2. The van der Waals surface area contributed by atoms with E-state index >= 15 is 0 Å². The van der Waals surface area contributed by atoms with Crippen LogP contribution in [0.15, 0.2) is 60.0 Å². The van der Waals surface area contributed by atoms with Gasteiger partial charge >= 0.3 is 5.97 Å². The first-order valence-corrected chi connectivity index (χ1v) is 11.1. The molecule has 0 fully saturated rings. The Bertz CT molecular complexity index is 1120. The van der Waals surface area contributed by atoms with Crippen molar-refractivity contribution in [3.63, 3.8) is 0 Å². The molecule has 0 unspecified atom stereocenters. The fourth-order valence-corrected chi connectivity index (χ4v) is 4.77. The Morgan fingerprint density at radius 3 is 2.68 bits per heavy atom. The molecule has 1 amide bonds. The van der Waals surface area contributed by atoms with E-state index in [2.05, 4.69) is 24.9 Å². The molecule has 0 saturated heterocycles. The Hall–Kier alpha value is -3.06. The maximum Gasteiger partial charge on any atom is 0.328 e. The quantitative estimate of drug-likeness (QED) is 0.452. The third-order valence-corrected chi connectivity index (χ3v) is 6.76. The van der Waals surface area contributed by atoms with Gasteiger partial charge in [0, 0.05) is 25.4 Å². The predicted octanol–water partition coefficient (Wildman–Crippen LogP) is 3.71. The van der Waals surface area contributed by atoms with Crippen LogP contribution in [0.25, 0.3) is 5.69 Å². The number of aromatic nitrogens is 2. The van der Waals surface area contributed by atoms with Crippen molar-refractivity contribution in [2.24, 2.45) is 0 Å². The van der Waals surface area contributed by atoms with E-state index in [0.717, 1.165) is 22.0 Å². The van der Waals surface area contributed by atoms with Crippen molar-refractivity contribution in [2.75, 3.05) is 12.9 Å². The Kier molecular flexibility index (Phi) is 6.13. The molecule has 2 aromatic carbocycles. The molecule has 0 radical (unpaired) electrons. The second kappa shape index (κ2) is 8.98. The van der Waals surface area contributed by atoms with Gasteiger partial charge in [-0.3, -0.25) is 9.36 Å². The number of rotatable bonds is 5. The van der Waals surface area contributed by atoms with Gasteiger partial charge in [-0.25, -0.2) is 9.78 Å². The van der Waals surface area contributed by atoms with Crippen LogP contribution in [0.1, 0.15) is 22.3 Å². The highest BCUT2D eigenvalue weighted by molar-refractivity contribution is 7.99. The monoisotopic (exact) mass is 435 g/mol. The number of amides is 1. The summed E-state index contributed by atoms with van der Waals surface area (Å²) in [5.74, 6) is -0.299. The number of carbonyl (C=O) groups excluding carboxylic acids is 2. The summed E-state index contributed by atoms with van der Waals surface area (Å²) >= 11 is 1.38. The normalized spacial score (nSPS) is 15.5. The molecule has 0 aliphatic carbocycles. The number of hydrogen-bond donors (Lipinski definition) is 0. The van der Waals surface area contributed by atoms with Crippen LogP contribution in [-0.2, 0) is 27.3 Å². The van der Waals surface area contributed by atoms with E-state index in [9.17, 15) is 9.59 Å². The molecule has 160 valence electrons. The number of esters is 1. The van der Waals surface area contributed by atoms with E-state index in [1.54, 1.807) is 11.1 Å². The molecule has 0 spiro atoms. The highest BCUT2D eigenvalue weighted by atomic mass is 32.2. The van der Waals surface area contributed by atoms with Crippen molar-refractivity contribution < 1.29 is 14.3 Å². The zero-order valence-electron chi connectivity index (χ0n) is 17.9. The lowest BCUT2D eigenvalue weighted by Crippen LogP contribution is -2.49. The zero-order valence-corrected chi connectivity index (χ0v) is 18.7. The SMILES string of the molecule is COC(=O)[C@H]1Cc2ccccc2CN1C(=O)CSc1nccn1-c1cccc(C)c1C. The fourth-order valence-electron chi connectivity index (χ4n) is 3.92. The Morgan fingerprint density at radius 1 is 1.13 bits per heavy atom. The van der Waals surface area contributed by atoms with Crippen LogP contribution in [0, 0.1) is 13.8 Å². The molecule has 7 heteroatoms. The van der Waals surface area contributed by atoms with Gasteiger partial charge in [-0.05, 0) is 42.2 Å². The molecule has 0 bridgehead atoms. The summed E-state index contributed by atoms with van der Waals surface area (Å²) < 4.78 is 6.98. The molecule has 6 nitrogen and oxygen atoms in total. The molecule has 3 aromatic rings. The predicted molar refractivity (Wildman–Crippen MR) is 120 cm³/mol. The molecule has 4 rings (SSSR count). The topological polar surface area (TPSA) is 64.4 Å². The lowest BCUT2D eigenvalue weighted by atomic mass is 9.94. The standard InChI is InChI=1S/C24H25N3O3S/c1-16-7-6-10-20(17(16)2)26-12-11-25-24(26)31-15-22(28)27-14-19-9-5-4-8-18(19)13-21(27)23(29)30-3/h4-12,21H,13-15H2,1-3H3/t21-/m1/s1. The number of imidazole rings is 1.